The normalized spacial score (nSPS) is 12.5. The van der Waals surface area contributed by atoms with Crippen molar-refractivity contribution in [2.75, 3.05) is 0 Å². The van der Waals surface area contributed by atoms with Crippen LogP contribution in [0, 0.1) is 33.6 Å². The number of aromatic nitrogens is 3. The van der Waals surface area contributed by atoms with Crippen LogP contribution >= 0.6 is 11.3 Å². The molecular weight excluding hydrogens is 380 g/mol. The Kier molecular flexibility index (Phi) is 6.13. The van der Waals surface area contributed by atoms with Crippen LogP contribution in [0.15, 0.2) is 29.3 Å². The summed E-state index contributed by atoms with van der Waals surface area (Å²) < 4.78 is 2.16. The van der Waals surface area contributed by atoms with Crippen LogP contribution < -0.4 is 0 Å². The van der Waals surface area contributed by atoms with Crippen LogP contribution in [0.2, 0.25) is 0 Å². The first-order chi connectivity index (χ1) is 13.7. The lowest BCUT2D eigenvalue weighted by atomic mass is 9.99. The molecule has 3 aromatic rings. The molecule has 0 fully saturated rings. The minimum absolute atomic E-state index is 0.213. The van der Waals surface area contributed by atoms with E-state index in [-0.39, 0.29) is 11.7 Å². The maximum Gasteiger partial charge on any atom is 0.160 e. The standard InChI is InChI=1S/C18H18N4S.C5H10O/c1-10-5-7-14(8-6-10)17-16-11(2)12(3)23-18(16)22-13(4)20-21-15(22)9-19-17;1-4(2)5(3)6/h5-8H,9H2,1-4H3;4H,1-3H3. The smallest absolute Gasteiger partial charge is 0.160 e. The van der Waals surface area contributed by atoms with E-state index in [4.69, 9.17) is 4.99 Å². The predicted molar refractivity (Wildman–Crippen MR) is 119 cm³/mol. The van der Waals surface area contributed by atoms with Gasteiger partial charge in [0.1, 0.15) is 23.2 Å². The van der Waals surface area contributed by atoms with Gasteiger partial charge in [0.25, 0.3) is 0 Å². The van der Waals surface area contributed by atoms with Crippen molar-refractivity contribution < 1.29 is 4.79 Å². The monoisotopic (exact) mass is 408 g/mol. The zero-order valence-corrected chi connectivity index (χ0v) is 19.0. The Morgan fingerprint density at radius 1 is 1.07 bits per heavy atom. The van der Waals surface area contributed by atoms with E-state index in [2.05, 4.69) is 59.8 Å². The molecule has 1 aliphatic rings. The van der Waals surface area contributed by atoms with E-state index in [1.807, 2.05) is 20.8 Å². The highest BCUT2D eigenvalue weighted by molar-refractivity contribution is 7.15. The third-order valence-corrected chi connectivity index (χ3v) is 6.41. The summed E-state index contributed by atoms with van der Waals surface area (Å²) in [7, 11) is 0. The first-order valence-corrected chi connectivity index (χ1v) is 10.7. The Morgan fingerprint density at radius 2 is 1.69 bits per heavy atom. The summed E-state index contributed by atoms with van der Waals surface area (Å²) in [6.45, 7) is 14.4. The Bertz CT molecular complexity index is 1070. The Balaban J connectivity index is 0.000000353. The number of carbonyl (C=O) groups excluding carboxylic acids is 1. The topological polar surface area (TPSA) is 60.1 Å². The van der Waals surface area contributed by atoms with Crippen molar-refractivity contribution in [1.82, 2.24) is 14.8 Å². The average Bonchev–Trinajstić information content (AvgIpc) is 3.11. The first-order valence-electron chi connectivity index (χ1n) is 9.84. The van der Waals surface area contributed by atoms with Gasteiger partial charge in [0.2, 0.25) is 0 Å². The van der Waals surface area contributed by atoms with E-state index in [1.54, 1.807) is 18.3 Å². The molecule has 5 nitrogen and oxygen atoms in total. The second kappa shape index (κ2) is 8.41. The van der Waals surface area contributed by atoms with Crippen LogP contribution in [-0.4, -0.2) is 26.3 Å². The van der Waals surface area contributed by atoms with Crippen molar-refractivity contribution in [3.8, 4) is 5.00 Å². The molecule has 0 saturated heterocycles. The molecule has 2 aromatic heterocycles. The molecule has 0 N–H and O–H groups in total. The molecule has 0 bridgehead atoms. The van der Waals surface area contributed by atoms with Crippen LogP contribution in [0.1, 0.15) is 59.6 Å². The summed E-state index contributed by atoms with van der Waals surface area (Å²) in [4.78, 5) is 16.4. The first kappa shape index (κ1) is 21.1. The average molecular weight is 409 g/mol. The molecule has 1 aliphatic heterocycles. The van der Waals surface area contributed by atoms with Gasteiger partial charge in [-0.05, 0) is 40.2 Å². The molecule has 0 atom stereocenters. The summed E-state index contributed by atoms with van der Waals surface area (Å²) in [5, 5.41) is 9.74. The molecular formula is C23H28N4OS. The van der Waals surface area contributed by atoms with E-state index >= 15 is 0 Å². The quantitative estimate of drug-likeness (QED) is 0.589. The molecule has 152 valence electrons. The van der Waals surface area contributed by atoms with Crippen molar-refractivity contribution >= 4 is 22.8 Å². The number of hydrogen-bond donors (Lipinski definition) is 0. The SMILES string of the molecule is CC(=O)C(C)C.Cc1ccc(C2=NCc3nnc(C)n3-c3sc(C)c(C)c32)cc1. The molecule has 4 rings (SSSR count). The van der Waals surface area contributed by atoms with Gasteiger partial charge in [0.15, 0.2) is 5.82 Å². The van der Waals surface area contributed by atoms with E-state index < -0.39 is 0 Å². The van der Waals surface area contributed by atoms with Gasteiger partial charge in [-0.2, -0.15) is 0 Å². The summed E-state index contributed by atoms with van der Waals surface area (Å²) in [6.07, 6.45) is 0. The van der Waals surface area contributed by atoms with Gasteiger partial charge in [-0.1, -0.05) is 43.7 Å². The Labute approximate surface area is 176 Å². The van der Waals surface area contributed by atoms with E-state index in [9.17, 15) is 4.79 Å². The zero-order valence-electron chi connectivity index (χ0n) is 18.2. The number of Topliss-reactive ketones (excluding diaryl/α,β-unsaturated/α-hetero) is 1. The number of ketones is 1. The summed E-state index contributed by atoms with van der Waals surface area (Å²) in [6, 6.07) is 8.60. The molecule has 0 radical (unpaired) electrons. The van der Waals surface area contributed by atoms with Gasteiger partial charge in [0.05, 0.1) is 5.71 Å². The third-order valence-electron chi connectivity index (χ3n) is 5.22. The highest BCUT2D eigenvalue weighted by atomic mass is 32.1. The minimum atomic E-state index is 0.213. The molecule has 29 heavy (non-hydrogen) atoms. The van der Waals surface area contributed by atoms with Crippen LogP contribution in [0.3, 0.4) is 0 Å². The Hall–Kier alpha value is -2.60. The number of hydrogen-bond acceptors (Lipinski definition) is 5. The molecule has 1 aromatic carbocycles. The Morgan fingerprint density at radius 3 is 2.28 bits per heavy atom. The van der Waals surface area contributed by atoms with Crippen molar-refractivity contribution in [2.24, 2.45) is 10.9 Å². The van der Waals surface area contributed by atoms with Crippen molar-refractivity contribution in [3.63, 3.8) is 0 Å². The summed E-state index contributed by atoms with van der Waals surface area (Å²) in [5.74, 6) is 2.30. The summed E-state index contributed by atoms with van der Waals surface area (Å²) >= 11 is 1.80. The van der Waals surface area contributed by atoms with Crippen molar-refractivity contribution in [2.45, 2.75) is 55.0 Å². The highest BCUT2D eigenvalue weighted by Gasteiger charge is 2.26. The molecule has 0 aliphatic carbocycles. The van der Waals surface area contributed by atoms with Crippen LogP contribution in [-0.2, 0) is 11.3 Å². The minimum Gasteiger partial charge on any atom is -0.300 e. The maximum absolute atomic E-state index is 10.1. The molecule has 0 spiro atoms. The van der Waals surface area contributed by atoms with Gasteiger partial charge in [-0.3, -0.25) is 14.4 Å². The second-order valence-electron chi connectivity index (χ2n) is 7.76. The number of aryl methyl sites for hydroxylation is 3. The third kappa shape index (κ3) is 4.22. The summed E-state index contributed by atoms with van der Waals surface area (Å²) in [5.41, 5.74) is 6.00. The maximum atomic E-state index is 10.1. The van der Waals surface area contributed by atoms with Gasteiger partial charge in [-0.15, -0.1) is 21.5 Å². The number of rotatable bonds is 2. The number of fused-ring (bicyclic) bond motifs is 3. The van der Waals surface area contributed by atoms with Gasteiger partial charge in [-0.25, -0.2) is 0 Å². The number of carbonyl (C=O) groups is 1. The number of nitrogens with zero attached hydrogens (tertiary/aromatic N) is 4. The van der Waals surface area contributed by atoms with Gasteiger partial charge < -0.3 is 0 Å². The molecule has 3 heterocycles. The number of aliphatic imine (C=N–C) groups is 1. The fraction of sp³-hybridized carbons (Fsp3) is 0.391. The number of thiophene rings is 1. The lowest BCUT2D eigenvalue weighted by molar-refractivity contribution is -0.119. The fourth-order valence-corrected chi connectivity index (χ4v) is 4.22. The molecule has 0 unspecified atom stereocenters. The van der Waals surface area contributed by atoms with Crippen LogP contribution in [0.4, 0.5) is 0 Å². The van der Waals surface area contributed by atoms with E-state index in [0.717, 1.165) is 22.9 Å². The van der Waals surface area contributed by atoms with Gasteiger partial charge in [0, 0.05) is 21.9 Å². The van der Waals surface area contributed by atoms with Gasteiger partial charge >= 0.3 is 0 Å². The highest BCUT2D eigenvalue weighted by Crippen LogP contribution is 2.36. The van der Waals surface area contributed by atoms with Crippen LogP contribution in [0.5, 0.6) is 0 Å². The van der Waals surface area contributed by atoms with E-state index in [1.165, 1.54) is 26.6 Å². The second-order valence-corrected chi connectivity index (χ2v) is 8.96. The van der Waals surface area contributed by atoms with E-state index in [0.29, 0.717) is 6.54 Å². The molecule has 0 amide bonds. The van der Waals surface area contributed by atoms with Crippen molar-refractivity contribution in [1.29, 1.82) is 0 Å². The largest absolute Gasteiger partial charge is 0.300 e. The molecule has 6 heteroatoms. The van der Waals surface area contributed by atoms with Crippen LogP contribution in [0.25, 0.3) is 5.00 Å². The number of benzene rings is 1. The predicted octanol–water partition coefficient (Wildman–Crippen LogP) is 5.14. The molecule has 0 saturated carbocycles. The fourth-order valence-electron chi connectivity index (χ4n) is 2.99. The lowest BCUT2D eigenvalue weighted by Crippen LogP contribution is -2.07. The lowest BCUT2D eigenvalue weighted by Gasteiger charge is -2.09. The van der Waals surface area contributed by atoms with Crippen molar-refractivity contribution in [3.05, 3.63) is 63.0 Å². The zero-order chi connectivity index (χ0) is 21.3.